The van der Waals surface area contributed by atoms with Crippen LogP contribution < -0.4 is 9.62 Å². The molecule has 0 saturated heterocycles. The molecule has 0 fully saturated rings. The maximum absolute atomic E-state index is 14.1. The third kappa shape index (κ3) is 8.16. The quantitative estimate of drug-likeness (QED) is 0.235. The lowest BCUT2D eigenvalue weighted by Gasteiger charge is -2.34. The number of carbonyl (C=O) groups is 2. The van der Waals surface area contributed by atoms with E-state index in [4.69, 9.17) is 34.8 Å². The van der Waals surface area contributed by atoms with Gasteiger partial charge in [0.15, 0.2) is 0 Å². The molecule has 0 aliphatic rings. The molecule has 0 aliphatic carbocycles. The van der Waals surface area contributed by atoms with Crippen molar-refractivity contribution in [3.05, 3.63) is 92.9 Å². The van der Waals surface area contributed by atoms with Gasteiger partial charge in [-0.15, -0.1) is 0 Å². The van der Waals surface area contributed by atoms with Crippen molar-refractivity contribution in [2.75, 3.05) is 10.8 Å². The van der Waals surface area contributed by atoms with Gasteiger partial charge in [-0.25, -0.2) is 8.42 Å². The Hall–Kier alpha value is -2.78. The van der Waals surface area contributed by atoms with E-state index in [1.165, 1.54) is 23.1 Å². The smallest absolute Gasteiger partial charge is 0.264 e. The van der Waals surface area contributed by atoms with Crippen molar-refractivity contribution < 1.29 is 18.0 Å². The molecule has 0 heterocycles. The Morgan fingerprint density at radius 1 is 0.902 bits per heavy atom. The number of hydrogen-bond donors (Lipinski definition) is 1. The SMILES string of the molecule is CC[C@@H](C)NC(=O)[C@@H](CC)N(Cc1ccc(Cl)cc1Cl)C(=O)CN(c1ccc(C)c(Cl)c1)S(=O)(=O)c1ccccc1. The van der Waals surface area contributed by atoms with E-state index in [1.54, 1.807) is 62.4 Å². The molecule has 3 aromatic rings. The summed E-state index contributed by atoms with van der Waals surface area (Å²) in [4.78, 5) is 28.9. The van der Waals surface area contributed by atoms with E-state index in [-0.39, 0.29) is 29.1 Å². The molecule has 3 aromatic carbocycles. The second kappa shape index (κ2) is 14.4. The minimum Gasteiger partial charge on any atom is -0.352 e. The number of anilines is 1. The Labute approximate surface area is 257 Å². The Kier molecular flexibility index (Phi) is 11.5. The fourth-order valence-corrected chi connectivity index (χ4v) is 6.25. The average Bonchev–Trinajstić information content (AvgIpc) is 2.94. The van der Waals surface area contributed by atoms with Gasteiger partial charge in [-0.05, 0) is 74.2 Å². The molecule has 3 rings (SSSR count). The standard InChI is InChI=1S/C30H34Cl3N3O4S/c1-5-21(4)34-30(38)28(6-2)35(18-22-13-14-23(31)16-27(22)33)29(37)19-36(24-15-12-20(3)26(32)17-24)41(39,40)25-10-8-7-9-11-25/h7-17,21,28H,5-6,18-19H2,1-4H3,(H,34,38)/t21-,28-/m1/s1. The number of nitrogens with one attached hydrogen (secondary N) is 1. The molecule has 0 bridgehead atoms. The third-order valence-electron chi connectivity index (χ3n) is 6.80. The van der Waals surface area contributed by atoms with Crippen LogP contribution >= 0.6 is 34.8 Å². The molecule has 2 amide bonds. The van der Waals surface area contributed by atoms with Crippen LogP contribution in [0.3, 0.4) is 0 Å². The molecule has 0 aliphatic heterocycles. The lowest BCUT2D eigenvalue weighted by molar-refractivity contribution is -0.140. The molecule has 1 N–H and O–H groups in total. The number of nitrogens with zero attached hydrogens (tertiary/aromatic N) is 2. The van der Waals surface area contributed by atoms with Crippen LogP contribution in [-0.4, -0.2) is 43.8 Å². The first kappa shape index (κ1) is 32.7. The minimum atomic E-state index is -4.19. The number of carbonyl (C=O) groups excluding carboxylic acids is 2. The van der Waals surface area contributed by atoms with Gasteiger partial charge in [-0.1, -0.05) is 79.0 Å². The zero-order valence-electron chi connectivity index (χ0n) is 23.4. The Bertz CT molecular complexity index is 1490. The molecule has 41 heavy (non-hydrogen) atoms. The average molecular weight is 639 g/mol. The fraction of sp³-hybridized carbons (Fsp3) is 0.333. The van der Waals surface area contributed by atoms with Crippen molar-refractivity contribution in [1.82, 2.24) is 10.2 Å². The summed E-state index contributed by atoms with van der Waals surface area (Å²) in [6, 6.07) is 16.5. The lowest BCUT2D eigenvalue weighted by Crippen LogP contribution is -2.53. The summed E-state index contributed by atoms with van der Waals surface area (Å²) in [6.45, 7) is 6.81. The highest BCUT2D eigenvalue weighted by Crippen LogP contribution is 2.29. The van der Waals surface area contributed by atoms with E-state index >= 15 is 0 Å². The van der Waals surface area contributed by atoms with Gasteiger partial charge in [0.25, 0.3) is 10.0 Å². The summed E-state index contributed by atoms with van der Waals surface area (Å²) in [5.74, 6) is -0.922. The van der Waals surface area contributed by atoms with Crippen LogP contribution in [0.4, 0.5) is 5.69 Å². The van der Waals surface area contributed by atoms with Gasteiger partial charge >= 0.3 is 0 Å². The topological polar surface area (TPSA) is 86.8 Å². The summed E-state index contributed by atoms with van der Waals surface area (Å²) in [6.07, 6.45) is 0.997. The van der Waals surface area contributed by atoms with Crippen LogP contribution in [0.2, 0.25) is 15.1 Å². The van der Waals surface area contributed by atoms with Crippen molar-refractivity contribution in [2.45, 2.75) is 64.1 Å². The van der Waals surface area contributed by atoms with Crippen LogP contribution in [0.5, 0.6) is 0 Å². The second-order valence-corrected chi connectivity index (χ2v) is 12.9. The Morgan fingerprint density at radius 3 is 2.17 bits per heavy atom. The number of rotatable bonds is 12. The largest absolute Gasteiger partial charge is 0.352 e. The van der Waals surface area contributed by atoms with Crippen LogP contribution in [-0.2, 0) is 26.2 Å². The fourth-order valence-electron chi connectivity index (χ4n) is 4.18. The molecule has 11 heteroatoms. The summed E-state index contributed by atoms with van der Waals surface area (Å²) in [7, 11) is -4.19. The molecule has 0 spiro atoms. The molecule has 220 valence electrons. The Balaban J connectivity index is 2.10. The molecule has 2 atom stereocenters. The molecule has 0 unspecified atom stereocenters. The van der Waals surface area contributed by atoms with Gasteiger partial charge in [0.2, 0.25) is 11.8 Å². The molecule has 7 nitrogen and oxygen atoms in total. The normalized spacial score (nSPS) is 12.9. The minimum absolute atomic E-state index is 0.0124. The first-order chi connectivity index (χ1) is 19.4. The predicted octanol–water partition coefficient (Wildman–Crippen LogP) is 6.87. The van der Waals surface area contributed by atoms with Gasteiger partial charge in [0.1, 0.15) is 12.6 Å². The zero-order valence-corrected chi connectivity index (χ0v) is 26.5. The molecule has 0 aromatic heterocycles. The summed E-state index contributed by atoms with van der Waals surface area (Å²) in [5, 5.41) is 4.05. The van der Waals surface area contributed by atoms with E-state index in [9.17, 15) is 18.0 Å². The highest BCUT2D eigenvalue weighted by Gasteiger charge is 2.34. The van der Waals surface area contributed by atoms with Gasteiger partial charge in [0.05, 0.1) is 10.6 Å². The van der Waals surface area contributed by atoms with Gasteiger partial charge < -0.3 is 10.2 Å². The number of sulfonamides is 1. The molecular formula is C30H34Cl3N3O4S. The summed E-state index contributed by atoms with van der Waals surface area (Å²) < 4.78 is 28.8. The predicted molar refractivity (Wildman–Crippen MR) is 166 cm³/mol. The third-order valence-corrected chi connectivity index (χ3v) is 9.58. The zero-order chi connectivity index (χ0) is 30.3. The lowest BCUT2D eigenvalue weighted by atomic mass is 10.1. The molecule has 0 saturated carbocycles. The van der Waals surface area contributed by atoms with Crippen molar-refractivity contribution in [3.63, 3.8) is 0 Å². The van der Waals surface area contributed by atoms with Crippen LogP contribution in [0, 0.1) is 6.92 Å². The Morgan fingerprint density at radius 2 is 1.59 bits per heavy atom. The van der Waals surface area contributed by atoms with Crippen molar-refractivity contribution in [1.29, 1.82) is 0 Å². The van der Waals surface area contributed by atoms with E-state index in [1.807, 2.05) is 13.8 Å². The maximum Gasteiger partial charge on any atom is 0.264 e. The van der Waals surface area contributed by atoms with Crippen molar-refractivity contribution in [3.8, 4) is 0 Å². The van der Waals surface area contributed by atoms with Gasteiger partial charge in [-0.3, -0.25) is 13.9 Å². The monoisotopic (exact) mass is 637 g/mol. The van der Waals surface area contributed by atoms with Gasteiger partial charge in [0, 0.05) is 27.7 Å². The maximum atomic E-state index is 14.1. The van der Waals surface area contributed by atoms with Crippen molar-refractivity contribution >= 4 is 62.3 Å². The number of benzene rings is 3. The molecular weight excluding hydrogens is 605 g/mol. The van der Waals surface area contributed by atoms with E-state index in [0.29, 0.717) is 33.5 Å². The number of halogens is 3. The summed E-state index contributed by atoms with van der Waals surface area (Å²) >= 11 is 18.9. The highest BCUT2D eigenvalue weighted by molar-refractivity contribution is 7.92. The second-order valence-electron chi connectivity index (χ2n) is 9.76. The van der Waals surface area contributed by atoms with Crippen LogP contribution in [0.1, 0.15) is 44.7 Å². The highest BCUT2D eigenvalue weighted by atomic mass is 35.5. The van der Waals surface area contributed by atoms with Gasteiger partial charge in [-0.2, -0.15) is 0 Å². The number of aryl methyl sites for hydroxylation is 1. The summed E-state index contributed by atoms with van der Waals surface area (Å²) in [5.41, 5.74) is 1.54. The van der Waals surface area contributed by atoms with E-state index in [2.05, 4.69) is 5.32 Å². The van der Waals surface area contributed by atoms with E-state index in [0.717, 1.165) is 9.87 Å². The van der Waals surface area contributed by atoms with E-state index < -0.39 is 28.5 Å². The number of hydrogen-bond acceptors (Lipinski definition) is 4. The first-order valence-electron chi connectivity index (χ1n) is 13.3. The number of amides is 2. The molecule has 0 radical (unpaired) electrons. The van der Waals surface area contributed by atoms with Crippen LogP contribution in [0.25, 0.3) is 0 Å². The van der Waals surface area contributed by atoms with Crippen molar-refractivity contribution in [2.24, 2.45) is 0 Å². The van der Waals surface area contributed by atoms with Crippen LogP contribution in [0.15, 0.2) is 71.6 Å². The first-order valence-corrected chi connectivity index (χ1v) is 15.8.